The number of benzene rings is 2. The highest BCUT2D eigenvalue weighted by molar-refractivity contribution is 5.96. The molecule has 2 aliphatic rings. The Balaban J connectivity index is 1.77. The normalized spacial score (nSPS) is 17.9. The predicted octanol–water partition coefficient (Wildman–Crippen LogP) is 3.34. The van der Waals surface area contributed by atoms with E-state index in [2.05, 4.69) is 5.32 Å². The van der Waals surface area contributed by atoms with Crippen LogP contribution in [0.2, 0.25) is 0 Å². The van der Waals surface area contributed by atoms with Crippen LogP contribution in [0.3, 0.4) is 0 Å². The Morgan fingerprint density at radius 2 is 1.88 bits per heavy atom. The number of anilines is 1. The maximum Gasteiger partial charge on any atom is 0.225 e. The SMILES string of the molecule is CCOc1ccc(C2CC(=O)Nc3cc4c(cc32)OCCO4)cc1OC. The van der Waals surface area contributed by atoms with Gasteiger partial charge < -0.3 is 24.3 Å². The summed E-state index contributed by atoms with van der Waals surface area (Å²) in [5, 5.41) is 2.94. The largest absolute Gasteiger partial charge is 0.493 e. The van der Waals surface area contributed by atoms with E-state index in [-0.39, 0.29) is 11.8 Å². The van der Waals surface area contributed by atoms with Gasteiger partial charge >= 0.3 is 0 Å². The maximum absolute atomic E-state index is 12.3. The lowest BCUT2D eigenvalue weighted by Crippen LogP contribution is -2.24. The quantitative estimate of drug-likeness (QED) is 0.911. The second-order valence-corrected chi connectivity index (χ2v) is 6.23. The molecule has 0 bridgehead atoms. The molecular formula is C20H21NO5. The van der Waals surface area contributed by atoms with Crippen LogP contribution in [0.1, 0.15) is 30.4 Å². The fraction of sp³-hybridized carbons (Fsp3) is 0.350. The molecule has 0 radical (unpaired) electrons. The van der Waals surface area contributed by atoms with Gasteiger partial charge in [-0.2, -0.15) is 0 Å². The summed E-state index contributed by atoms with van der Waals surface area (Å²) >= 11 is 0. The number of hydrogen-bond donors (Lipinski definition) is 1. The molecule has 0 saturated carbocycles. The molecule has 1 atom stereocenters. The Morgan fingerprint density at radius 3 is 2.62 bits per heavy atom. The zero-order chi connectivity index (χ0) is 18.1. The maximum atomic E-state index is 12.3. The van der Waals surface area contributed by atoms with Crippen molar-refractivity contribution in [3.63, 3.8) is 0 Å². The lowest BCUT2D eigenvalue weighted by atomic mass is 9.84. The summed E-state index contributed by atoms with van der Waals surface area (Å²) in [6, 6.07) is 9.63. The summed E-state index contributed by atoms with van der Waals surface area (Å²) in [5.41, 5.74) is 2.78. The third-order valence-electron chi connectivity index (χ3n) is 4.64. The molecule has 2 aromatic carbocycles. The van der Waals surface area contributed by atoms with E-state index in [1.165, 1.54) is 0 Å². The van der Waals surface area contributed by atoms with Crippen molar-refractivity contribution in [1.29, 1.82) is 0 Å². The molecule has 0 aliphatic carbocycles. The third kappa shape index (κ3) is 2.92. The molecule has 4 rings (SSSR count). The smallest absolute Gasteiger partial charge is 0.225 e. The molecular weight excluding hydrogens is 334 g/mol. The topological polar surface area (TPSA) is 66.0 Å². The molecule has 1 unspecified atom stereocenters. The van der Waals surface area contributed by atoms with Gasteiger partial charge in [-0.25, -0.2) is 0 Å². The Labute approximate surface area is 152 Å². The number of methoxy groups -OCH3 is 1. The van der Waals surface area contributed by atoms with Crippen LogP contribution in [-0.2, 0) is 4.79 Å². The van der Waals surface area contributed by atoms with Crippen molar-refractivity contribution in [3.05, 3.63) is 41.5 Å². The molecule has 136 valence electrons. The first-order chi connectivity index (χ1) is 12.7. The van der Waals surface area contributed by atoms with Crippen molar-refractivity contribution in [2.75, 3.05) is 32.2 Å². The molecule has 0 spiro atoms. The van der Waals surface area contributed by atoms with Crippen LogP contribution in [0, 0.1) is 0 Å². The fourth-order valence-corrected chi connectivity index (χ4v) is 3.47. The lowest BCUT2D eigenvalue weighted by molar-refractivity contribution is -0.116. The summed E-state index contributed by atoms with van der Waals surface area (Å²) < 4.78 is 22.4. The van der Waals surface area contributed by atoms with Crippen molar-refractivity contribution in [1.82, 2.24) is 0 Å². The van der Waals surface area contributed by atoms with Crippen LogP contribution in [0.4, 0.5) is 5.69 Å². The molecule has 2 aromatic rings. The third-order valence-corrected chi connectivity index (χ3v) is 4.64. The highest BCUT2D eigenvalue weighted by atomic mass is 16.6. The zero-order valence-corrected chi connectivity index (χ0v) is 14.8. The fourth-order valence-electron chi connectivity index (χ4n) is 3.47. The molecule has 6 nitrogen and oxygen atoms in total. The molecule has 1 amide bonds. The van der Waals surface area contributed by atoms with E-state index in [0.717, 1.165) is 16.8 Å². The van der Waals surface area contributed by atoms with Crippen LogP contribution in [0.25, 0.3) is 0 Å². The van der Waals surface area contributed by atoms with Crippen molar-refractivity contribution in [2.24, 2.45) is 0 Å². The molecule has 2 heterocycles. The second-order valence-electron chi connectivity index (χ2n) is 6.23. The summed E-state index contributed by atoms with van der Waals surface area (Å²) in [6.45, 7) is 3.53. The van der Waals surface area contributed by atoms with E-state index in [1.807, 2.05) is 37.3 Å². The van der Waals surface area contributed by atoms with Crippen molar-refractivity contribution >= 4 is 11.6 Å². The molecule has 0 fully saturated rings. The first-order valence-corrected chi connectivity index (χ1v) is 8.73. The van der Waals surface area contributed by atoms with Crippen LogP contribution in [0.15, 0.2) is 30.3 Å². The van der Waals surface area contributed by atoms with Gasteiger partial charge in [-0.05, 0) is 36.2 Å². The number of carbonyl (C=O) groups excluding carboxylic acids is 1. The Bertz CT molecular complexity index is 848. The van der Waals surface area contributed by atoms with E-state index in [4.69, 9.17) is 18.9 Å². The summed E-state index contributed by atoms with van der Waals surface area (Å²) in [5.74, 6) is 2.64. The zero-order valence-electron chi connectivity index (χ0n) is 14.8. The second kappa shape index (κ2) is 6.78. The average Bonchev–Trinajstić information content (AvgIpc) is 2.66. The van der Waals surface area contributed by atoms with Crippen molar-refractivity contribution in [3.8, 4) is 23.0 Å². The highest BCUT2D eigenvalue weighted by Crippen LogP contribution is 2.45. The van der Waals surface area contributed by atoms with Gasteiger partial charge in [-0.1, -0.05) is 6.07 Å². The molecule has 26 heavy (non-hydrogen) atoms. The Kier molecular flexibility index (Phi) is 4.32. The van der Waals surface area contributed by atoms with Crippen LogP contribution in [0.5, 0.6) is 23.0 Å². The minimum Gasteiger partial charge on any atom is -0.493 e. The van der Waals surface area contributed by atoms with Crippen LogP contribution >= 0.6 is 0 Å². The van der Waals surface area contributed by atoms with E-state index < -0.39 is 0 Å². The standard InChI is InChI=1S/C20H21NO5/c1-3-24-16-5-4-12(8-17(16)23-2)13-10-20(22)21-15-11-19-18(9-14(13)15)25-6-7-26-19/h4-5,8-9,11,13H,3,6-7,10H2,1-2H3,(H,21,22). The van der Waals surface area contributed by atoms with Gasteiger partial charge in [0.15, 0.2) is 23.0 Å². The monoisotopic (exact) mass is 355 g/mol. The van der Waals surface area contributed by atoms with Crippen molar-refractivity contribution < 1.29 is 23.7 Å². The number of hydrogen-bond acceptors (Lipinski definition) is 5. The van der Waals surface area contributed by atoms with Gasteiger partial charge in [0.2, 0.25) is 5.91 Å². The van der Waals surface area contributed by atoms with E-state index in [1.54, 1.807) is 7.11 Å². The van der Waals surface area contributed by atoms with Gasteiger partial charge in [0.1, 0.15) is 13.2 Å². The average molecular weight is 355 g/mol. The van der Waals surface area contributed by atoms with Gasteiger partial charge in [0.05, 0.1) is 13.7 Å². The van der Waals surface area contributed by atoms with E-state index >= 15 is 0 Å². The minimum atomic E-state index is -0.0841. The van der Waals surface area contributed by atoms with Crippen LogP contribution in [-0.4, -0.2) is 32.8 Å². The molecule has 1 N–H and O–H groups in total. The number of carbonyl (C=O) groups is 1. The number of fused-ring (bicyclic) bond motifs is 2. The number of ether oxygens (including phenoxy) is 4. The Morgan fingerprint density at radius 1 is 1.12 bits per heavy atom. The Hall–Kier alpha value is -2.89. The number of nitrogens with one attached hydrogen (secondary N) is 1. The highest BCUT2D eigenvalue weighted by Gasteiger charge is 2.30. The van der Waals surface area contributed by atoms with Crippen molar-refractivity contribution in [2.45, 2.75) is 19.3 Å². The van der Waals surface area contributed by atoms with Crippen LogP contribution < -0.4 is 24.3 Å². The van der Waals surface area contributed by atoms with Gasteiger partial charge in [0.25, 0.3) is 0 Å². The first kappa shape index (κ1) is 16.6. The molecule has 6 heteroatoms. The minimum absolute atomic E-state index is 0.0213. The van der Waals surface area contributed by atoms with E-state index in [0.29, 0.717) is 49.2 Å². The first-order valence-electron chi connectivity index (χ1n) is 8.73. The number of rotatable bonds is 4. The molecule has 0 aromatic heterocycles. The predicted molar refractivity (Wildman–Crippen MR) is 96.7 cm³/mol. The lowest BCUT2D eigenvalue weighted by Gasteiger charge is -2.29. The van der Waals surface area contributed by atoms with Gasteiger partial charge in [-0.15, -0.1) is 0 Å². The van der Waals surface area contributed by atoms with Gasteiger partial charge in [0, 0.05) is 24.1 Å². The van der Waals surface area contributed by atoms with Gasteiger partial charge in [-0.3, -0.25) is 4.79 Å². The summed E-state index contributed by atoms with van der Waals surface area (Å²) in [6.07, 6.45) is 0.365. The number of amides is 1. The van der Waals surface area contributed by atoms with E-state index in [9.17, 15) is 4.79 Å². The summed E-state index contributed by atoms with van der Waals surface area (Å²) in [4.78, 5) is 12.3. The molecule has 0 saturated heterocycles. The molecule has 2 aliphatic heterocycles. The summed E-state index contributed by atoms with van der Waals surface area (Å²) in [7, 11) is 1.62.